The van der Waals surface area contributed by atoms with Crippen LogP contribution in [0, 0.1) is 11.8 Å². The molecule has 0 bridgehead atoms. The molecule has 9 heteroatoms. The van der Waals surface area contributed by atoms with E-state index in [1.54, 1.807) is 30.5 Å². The summed E-state index contributed by atoms with van der Waals surface area (Å²) in [4.78, 5) is 31.4. The largest absolute Gasteiger partial charge is 0.508 e. The zero-order chi connectivity index (χ0) is 25.8. The van der Waals surface area contributed by atoms with Gasteiger partial charge >= 0.3 is 0 Å². The zero-order valence-electron chi connectivity index (χ0n) is 21.4. The predicted octanol–water partition coefficient (Wildman–Crippen LogP) is 3.56. The van der Waals surface area contributed by atoms with E-state index in [0.29, 0.717) is 6.61 Å². The van der Waals surface area contributed by atoms with E-state index in [9.17, 15) is 14.7 Å². The maximum absolute atomic E-state index is 13.3. The Morgan fingerprint density at radius 3 is 2.22 bits per heavy atom. The van der Waals surface area contributed by atoms with Crippen molar-refractivity contribution in [3.8, 4) is 5.75 Å². The van der Waals surface area contributed by atoms with Crippen molar-refractivity contribution in [1.82, 2.24) is 10.6 Å². The van der Waals surface area contributed by atoms with E-state index in [1.807, 2.05) is 58.0 Å². The van der Waals surface area contributed by atoms with Gasteiger partial charge in [-0.3, -0.25) is 9.59 Å². The average molecular weight is 519 g/mol. The fourth-order valence-electron chi connectivity index (χ4n) is 3.29. The lowest BCUT2D eigenvalue weighted by Crippen LogP contribution is -2.56. The molecule has 198 valence electrons. The predicted molar refractivity (Wildman–Crippen MR) is 145 cm³/mol. The third kappa shape index (κ3) is 10.3. The second-order valence-electron chi connectivity index (χ2n) is 9.13. The van der Waals surface area contributed by atoms with E-state index in [0.717, 1.165) is 17.5 Å². The number of nitrogens with two attached hydrogens (primary N) is 1. The number of nitrogens with zero attached hydrogens (tertiary/aromatic N) is 1. The minimum absolute atomic E-state index is 0. The fourth-order valence-corrected chi connectivity index (χ4v) is 3.29. The first-order valence-corrected chi connectivity index (χ1v) is 12.0. The van der Waals surface area contributed by atoms with E-state index in [4.69, 9.17) is 10.6 Å². The van der Waals surface area contributed by atoms with Gasteiger partial charge in [-0.05, 0) is 35.1 Å². The summed E-state index contributed by atoms with van der Waals surface area (Å²) >= 11 is 0. The topological polar surface area (TPSA) is 126 Å². The van der Waals surface area contributed by atoms with Crippen molar-refractivity contribution < 1.29 is 19.5 Å². The minimum atomic E-state index is -0.845. The Kier molecular flexibility index (Phi) is 13.6. The van der Waals surface area contributed by atoms with Gasteiger partial charge in [0.15, 0.2) is 0 Å². The molecule has 0 saturated heterocycles. The van der Waals surface area contributed by atoms with Crippen LogP contribution in [0.4, 0.5) is 0 Å². The lowest BCUT2D eigenvalue weighted by molar-refractivity contribution is -0.130. The van der Waals surface area contributed by atoms with E-state index in [2.05, 4.69) is 15.8 Å². The molecule has 0 unspecified atom stereocenters. The summed E-state index contributed by atoms with van der Waals surface area (Å²) in [6.45, 7) is 8.07. The first-order chi connectivity index (χ1) is 16.7. The molecule has 0 radical (unpaired) electrons. The number of benzene rings is 2. The zero-order valence-corrected chi connectivity index (χ0v) is 22.2. The van der Waals surface area contributed by atoms with E-state index >= 15 is 0 Å². The van der Waals surface area contributed by atoms with Crippen LogP contribution < -0.4 is 16.4 Å². The van der Waals surface area contributed by atoms with Gasteiger partial charge in [-0.1, -0.05) is 81.7 Å². The van der Waals surface area contributed by atoms with Crippen molar-refractivity contribution in [3.05, 3.63) is 65.7 Å². The number of carbonyl (C=O) groups excluding carboxylic acids is 2. The lowest BCUT2D eigenvalue weighted by Gasteiger charge is -2.26. The molecule has 0 aromatic heterocycles. The van der Waals surface area contributed by atoms with Gasteiger partial charge in [-0.15, -0.1) is 12.4 Å². The van der Waals surface area contributed by atoms with Crippen molar-refractivity contribution >= 4 is 30.4 Å². The van der Waals surface area contributed by atoms with Gasteiger partial charge in [0.2, 0.25) is 11.8 Å². The van der Waals surface area contributed by atoms with Gasteiger partial charge in [-0.25, -0.2) is 0 Å². The summed E-state index contributed by atoms with van der Waals surface area (Å²) in [5, 5.41) is 19.4. The molecule has 0 fully saturated rings. The van der Waals surface area contributed by atoms with Crippen LogP contribution in [0.1, 0.15) is 45.2 Å². The van der Waals surface area contributed by atoms with Crippen molar-refractivity contribution in [1.29, 1.82) is 0 Å². The van der Waals surface area contributed by atoms with Crippen LogP contribution in [-0.2, 0) is 27.5 Å². The Hall–Kier alpha value is -3.10. The van der Waals surface area contributed by atoms with E-state index in [-0.39, 0.29) is 54.3 Å². The van der Waals surface area contributed by atoms with Gasteiger partial charge in [0.1, 0.15) is 18.4 Å². The Labute approximate surface area is 220 Å². The molecular formula is C27H39ClN4O4. The maximum atomic E-state index is 13.3. The molecule has 0 spiro atoms. The number of amides is 2. The number of hydrogen-bond acceptors (Lipinski definition) is 6. The molecule has 0 saturated carbocycles. The van der Waals surface area contributed by atoms with Crippen LogP contribution in [0.15, 0.2) is 59.8 Å². The number of hydrogen-bond donors (Lipinski definition) is 4. The SMILES string of the molecule is CC[C@H](C)[C@@H](/C=N/OCc1ccccc1)NC(=O)[C@H](Cc1ccc(O)cc1)NC(=O)[C@@H](N)C(C)C.Cl. The van der Waals surface area contributed by atoms with E-state index in [1.165, 1.54) is 0 Å². The first kappa shape index (κ1) is 30.9. The molecule has 2 aromatic rings. The number of phenolic OH excluding ortho intramolecular Hbond substituents is 1. The quantitative estimate of drug-likeness (QED) is 0.238. The number of carbonyl (C=O) groups is 2. The van der Waals surface area contributed by atoms with Gasteiger partial charge in [0, 0.05) is 6.42 Å². The number of oxime groups is 1. The van der Waals surface area contributed by atoms with Gasteiger partial charge in [-0.2, -0.15) is 0 Å². The Balaban J connectivity index is 0.00000648. The Bertz CT molecular complexity index is 954. The first-order valence-electron chi connectivity index (χ1n) is 12.0. The van der Waals surface area contributed by atoms with Crippen LogP contribution >= 0.6 is 12.4 Å². The monoisotopic (exact) mass is 518 g/mol. The molecule has 0 aliphatic heterocycles. The highest BCUT2D eigenvalue weighted by Crippen LogP contribution is 2.13. The molecule has 2 amide bonds. The number of halogens is 1. The fraction of sp³-hybridized carbons (Fsp3) is 0.444. The number of aromatic hydroxyl groups is 1. The third-order valence-corrected chi connectivity index (χ3v) is 5.97. The van der Waals surface area contributed by atoms with Crippen LogP contribution in [0.3, 0.4) is 0 Å². The highest BCUT2D eigenvalue weighted by Gasteiger charge is 2.28. The standard InChI is InChI=1S/C27H38N4O4.ClH/c1-5-19(4)24(16-29-35-17-21-9-7-6-8-10-21)31-26(33)23(30-27(34)25(28)18(2)3)15-20-11-13-22(32)14-12-20;/h6-14,16,18-19,23-25,32H,5,15,17,28H2,1-4H3,(H,30,34)(H,31,33);1H/b29-16+;/t19-,23-,24+,25-;/m0./s1. The summed E-state index contributed by atoms with van der Waals surface area (Å²) in [5.41, 5.74) is 7.79. The molecule has 5 N–H and O–H groups in total. The summed E-state index contributed by atoms with van der Waals surface area (Å²) < 4.78 is 0. The third-order valence-electron chi connectivity index (χ3n) is 5.97. The number of nitrogens with one attached hydrogen (secondary N) is 2. The average Bonchev–Trinajstić information content (AvgIpc) is 2.86. The van der Waals surface area contributed by atoms with Gasteiger partial charge in [0.25, 0.3) is 0 Å². The van der Waals surface area contributed by atoms with Crippen molar-refractivity contribution in [2.45, 2.75) is 65.3 Å². The van der Waals surface area contributed by atoms with Crippen LogP contribution in [0.5, 0.6) is 5.75 Å². The number of phenols is 1. The van der Waals surface area contributed by atoms with Crippen molar-refractivity contribution in [2.24, 2.45) is 22.7 Å². The molecule has 36 heavy (non-hydrogen) atoms. The molecule has 2 rings (SSSR count). The molecule has 2 aromatic carbocycles. The second-order valence-corrected chi connectivity index (χ2v) is 9.13. The summed E-state index contributed by atoms with van der Waals surface area (Å²) in [6.07, 6.45) is 2.65. The van der Waals surface area contributed by atoms with Crippen molar-refractivity contribution in [3.63, 3.8) is 0 Å². The second kappa shape index (κ2) is 15.8. The molecule has 8 nitrogen and oxygen atoms in total. The van der Waals surface area contributed by atoms with Crippen LogP contribution in [0.2, 0.25) is 0 Å². The van der Waals surface area contributed by atoms with Crippen molar-refractivity contribution in [2.75, 3.05) is 0 Å². The smallest absolute Gasteiger partial charge is 0.243 e. The molecule has 4 atom stereocenters. The Morgan fingerprint density at radius 1 is 1.00 bits per heavy atom. The molecule has 0 aliphatic carbocycles. The van der Waals surface area contributed by atoms with Gasteiger partial charge < -0.3 is 26.3 Å². The normalized spacial score (nSPS) is 14.4. The highest BCUT2D eigenvalue weighted by atomic mass is 35.5. The lowest BCUT2D eigenvalue weighted by atomic mass is 9.98. The van der Waals surface area contributed by atoms with Crippen LogP contribution in [-0.4, -0.2) is 41.3 Å². The van der Waals surface area contributed by atoms with E-state index < -0.39 is 12.1 Å². The van der Waals surface area contributed by atoms with Crippen LogP contribution in [0.25, 0.3) is 0 Å². The Morgan fingerprint density at radius 2 is 1.64 bits per heavy atom. The highest BCUT2D eigenvalue weighted by molar-refractivity contribution is 5.91. The van der Waals surface area contributed by atoms with Gasteiger partial charge in [0.05, 0.1) is 18.3 Å². The maximum Gasteiger partial charge on any atom is 0.243 e. The molecule has 0 aliphatic rings. The number of rotatable bonds is 13. The summed E-state index contributed by atoms with van der Waals surface area (Å²) in [7, 11) is 0. The molecule has 0 heterocycles. The summed E-state index contributed by atoms with van der Waals surface area (Å²) in [6, 6.07) is 14.2. The minimum Gasteiger partial charge on any atom is -0.508 e. The molecular weight excluding hydrogens is 480 g/mol. The summed E-state index contributed by atoms with van der Waals surface area (Å²) in [5.74, 6) is -0.592.